The van der Waals surface area contributed by atoms with Gasteiger partial charge in [0.05, 0.1) is 23.1 Å². The van der Waals surface area contributed by atoms with E-state index in [1.54, 1.807) is 10.9 Å². The lowest BCUT2D eigenvalue weighted by Crippen LogP contribution is -2.23. The molecule has 6 aromatic rings. The van der Waals surface area contributed by atoms with Crippen molar-refractivity contribution in [3.63, 3.8) is 0 Å². The highest BCUT2D eigenvalue weighted by Gasteiger charge is 2.16. The number of furan rings is 1. The van der Waals surface area contributed by atoms with Crippen LogP contribution in [0.2, 0.25) is 0 Å². The first-order valence-electron chi connectivity index (χ1n) is 13.0. The number of nitrogens with zero attached hydrogens (tertiary/aromatic N) is 5. The molecule has 0 unspecified atom stereocenters. The quantitative estimate of drug-likeness (QED) is 0.206. The van der Waals surface area contributed by atoms with E-state index in [-0.39, 0.29) is 5.56 Å². The molecular formula is C30H27N5O3S. The average molecular weight is 538 g/mol. The van der Waals surface area contributed by atoms with Gasteiger partial charge in [0, 0.05) is 17.3 Å². The Labute approximate surface area is 228 Å². The van der Waals surface area contributed by atoms with E-state index in [4.69, 9.17) is 14.3 Å². The Balaban J connectivity index is 1.28. The molecular weight excluding hydrogens is 510 g/mol. The van der Waals surface area contributed by atoms with E-state index < -0.39 is 0 Å². The molecule has 8 nitrogen and oxygen atoms in total. The van der Waals surface area contributed by atoms with E-state index in [2.05, 4.69) is 17.0 Å². The van der Waals surface area contributed by atoms with E-state index in [0.29, 0.717) is 33.4 Å². The van der Waals surface area contributed by atoms with Crippen LogP contribution in [0.3, 0.4) is 0 Å². The summed E-state index contributed by atoms with van der Waals surface area (Å²) in [4.78, 5) is 18.4. The van der Waals surface area contributed by atoms with Gasteiger partial charge in [0.15, 0.2) is 11.6 Å². The van der Waals surface area contributed by atoms with Crippen LogP contribution in [0.5, 0.6) is 5.75 Å². The molecule has 4 aromatic heterocycles. The van der Waals surface area contributed by atoms with Crippen molar-refractivity contribution in [3.05, 3.63) is 99.6 Å². The van der Waals surface area contributed by atoms with Crippen LogP contribution in [0.4, 0.5) is 0 Å². The first kappa shape index (κ1) is 24.8. The summed E-state index contributed by atoms with van der Waals surface area (Å²) in [7, 11) is 0. The summed E-state index contributed by atoms with van der Waals surface area (Å²) >= 11 is 1.29. The Morgan fingerprint density at radius 3 is 2.56 bits per heavy atom. The molecule has 0 aliphatic heterocycles. The second-order valence-corrected chi connectivity index (χ2v) is 10.2. The Bertz CT molecular complexity index is 1790. The predicted molar refractivity (Wildman–Crippen MR) is 152 cm³/mol. The van der Waals surface area contributed by atoms with Crippen LogP contribution < -0.4 is 14.8 Å². The van der Waals surface area contributed by atoms with E-state index in [9.17, 15) is 4.79 Å². The number of thiazole rings is 1. The van der Waals surface area contributed by atoms with Gasteiger partial charge in [-0.3, -0.25) is 4.79 Å². The van der Waals surface area contributed by atoms with Crippen LogP contribution in [-0.2, 0) is 0 Å². The van der Waals surface area contributed by atoms with Crippen molar-refractivity contribution >= 4 is 22.4 Å². The molecule has 6 rings (SSSR count). The van der Waals surface area contributed by atoms with Gasteiger partial charge >= 0.3 is 0 Å². The molecule has 0 bridgehead atoms. The van der Waals surface area contributed by atoms with Crippen LogP contribution >= 0.6 is 11.3 Å². The Morgan fingerprint density at radius 2 is 1.82 bits per heavy atom. The maximum Gasteiger partial charge on any atom is 0.291 e. The third-order valence-electron chi connectivity index (χ3n) is 6.37. The highest BCUT2D eigenvalue weighted by Crippen LogP contribution is 2.25. The largest absolute Gasteiger partial charge is 0.494 e. The molecule has 0 amide bonds. The smallest absolute Gasteiger partial charge is 0.291 e. The van der Waals surface area contributed by atoms with Gasteiger partial charge in [-0.2, -0.15) is 14.6 Å². The van der Waals surface area contributed by atoms with Crippen molar-refractivity contribution < 1.29 is 9.15 Å². The van der Waals surface area contributed by atoms with Gasteiger partial charge in [-0.15, -0.1) is 5.10 Å². The standard InChI is InChI=1S/C30H27N5O3S/c1-2-3-4-8-17-37-24-15-13-21(14-16-24)28-31-30-35(33-28)29(36)26(39-30)19-22-20-34(23-10-6-5-7-11-23)32-27(22)25-12-9-18-38-25/h5-7,9-16,18-20H,2-4,8,17H2,1H3/b26-19-. The molecule has 196 valence electrons. The Morgan fingerprint density at radius 1 is 0.974 bits per heavy atom. The van der Waals surface area contributed by atoms with Gasteiger partial charge in [0.2, 0.25) is 4.96 Å². The summed E-state index contributed by atoms with van der Waals surface area (Å²) in [6, 6.07) is 21.2. The number of para-hydroxylation sites is 1. The predicted octanol–water partition coefficient (Wildman–Crippen LogP) is 5.77. The lowest BCUT2D eigenvalue weighted by molar-refractivity contribution is 0.305. The van der Waals surface area contributed by atoms with Crippen molar-refractivity contribution in [3.8, 4) is 34.3 Å². The minimum absolute atomic E-state index is 0.223. The summed E-state index contributed by atoms with van der Waals surface area (Å²) in [6.45, 7) is 2.91. The van der Waals surface area contributed by atoms with E-state index in [0.717, 1.165) is 29.0 Å². The Hall–Kier alpha value is -4.50. The first-order chi connectivity index (χ1) is 19.2. The maximum absolute atomic E-state index is 13.3. The Kier molecular flexibility index (Phi) is 7.05. The molecule has 0 fully saturated rings. The van der Waals surface area contributed by atoms with Gasteiger partial charge in [-0.1, -0.05) is 55.7 Å². The lowest BCUT2D eigenvalue weighted by Gasteiger charge is -2.06. The number of hydrogen-bond acceptors (Lipinski definition) is 7. The molecule has 0 saturated heterocycles. The molecule has 0 spiro atoms. The first-order valence-corrected chi connectivity index (χ1v) is 13.8. The fraction of sp³-hybridized carbons (Fsp3) is 0.200. The highest BCUT2D eigenvalue weighted by atomic mass is 32.1. The zero-order valence-corrected chi connectivity index (χ0v) is 22.3. The number of rotatable bonds is 10. The summed E-state index contributed by atoms with van der Waals surface area (Å²) in [5.41, 5.74) is 2.93. The lowest BCUT2D eigenvalue weighted by atomic mass is 10.2. The van der Waals surface area contributed by atoms with Crippen molar-refractivity contribution in [2.24, 2.45) is 0 Å². The molecule has 0 aliphatic rings. The van der Waals surface area contributed by atoms with Crippen molar-refractivity contribution in [1.82, 2.24) is 24.4 Å². The second-order valence-electron chi connectivity index (χ2n) is 9.17. The van der Waals surface area contributed by atoms with Gasteiger partial charge in [0.25, 0.3) is 5.56 Å². The molecule has 39 heavy (non-hydrogen) atoms. The SMILES string of the molecule is CCCCCCOc1ccc(-c2nc3s/c(=C\c4cn(-c5ccccc5)nc4-c4ccco4)c(=O)n3n2)cc1. The van der Waals surface area contributed by atoms with Crippen LogP contribution in [0.1, 0.15) is 38.2 Å². The van der Waals surface area contributed by atoms with Crippen molar-refractivity contribution in [1.29, 1.82) is 0 Å². The maximum atomic E-state index is 13.3. The van der Waals surface area contributed by atoms with E-state index in [1.807, 2.05) is 79.0 Å². The van der Waals surface area contributed by atoms with Crippen molar-refractivity contribution in [2.45, 2.75) is 32.6 Å². The normalized spacial score (nSPS) is 12.0. The topological polar surface area (TPSA) is 87.5 Å². The summed E-state index contributed by atoms with van der Waals surface area (Å²) in [5, 5.41) is 9.23. The fourth-order valence-corrected chi connectivity index (χ4v) is 5.23. The number of unbranched alkanes of at least 4 members (excludes halogenated alkanes) is 3. The van der Waals surface area contributed by atoms with E-state index in [1.165, 1.54) is 35.1 Å². The molecule has 0 atom stereocenters. The van der Waals surface area contributed by atoms with E-state index >= 15 is 0 Å². The number of fused-ring (bicyclic) bond motifs is 1. The van der Waals surface area contributed by atoms with Gasteiger partial charge in [-0.05, 0) is 61.0 Å². The number of hydrogen-bond donors (Lipinski definition) is 0. The monoisotopic (exact) mass is 537 g/mol. The van der Waals surface area contributed by atoms with Crippen molar-refractivity contribution in [2.75, 3.05) is 6.61 Å². The molecule has 0 saturated carbocycles. The fourth-order valence-electron chi connectivity index (χ4n) is 4.33. The number of benzene rings is 2. The number of aromatic nitrogens is 5. The third-order valence-corrected chi connectivity index (χ3v) is 7.32. The molecule has 0 N–H and O–H groups in total. The number of ether oxygens (including phenoxy) is 1. The van der Waals surface area contributed by atoms with Gasteiger partial charge in [-0.25, -0.2) is 4.68 Å². The molecule has 2 aromatic carbocycles. The van der Waals surface area contributed by atoms with Crippen LogP contribution in [0.25, 0.3) is 39.6 Å². The van der Waals surface area contributed by atoms with Gasteiger partial charge in [0.1, 0.15) is 11.4 Å². The third kappa shape index (κ3) is 5.26. The van der Waals surface area contributed by atoms with Crippen LogP contribution in [-0.4, -0.2) is 31.0 Å². The highest BCUT2D eigenvalue weighted by molar-refractivity contribution is 7.15. The summed E-state index contributed by atoms with van der Waals surface area (Å²) in [6.07, 6.45) is 9.99. The minimum Gasteiger partial charge on any atom is -0.494 e. The van der Waals surface area contributed by atoms with Crippen LogP contribution in [0, 0.1) is 0 Å². The molecule has 4 heterocycles. The molecule has 0 radical (unpaired) electrons. The summed E-state index contributed by atoms with van der Waals surface area (Å²) in [5.74, 6) is 1.95. The molecule has 9 heteroatoms. The molecule has 0 aliphatic carbocycles. The average Bonchev–Trinajstić information content (AvgIpc) is 3.76. The minimum atomic E-state index is -0.223. The van der Waals surface area contributed by atoms with Gasteiger partial charge < -0.3 is 9.15 Å². The summed E-state index contributed by atoms with van der Waals surface area (Å²) < 4.78 is 15.1. The zero-order chi connectivity index (χ0) is 26.6. The second kappa shape index (κ2) is 11.1. The zero-order valence-electron chi connectivity index (χ0n) is 21.5. The van der Waals surface area contributed by atoms with Crippen LogP contribution in [0.15, 0.2) is 88.4 Å².